The number of para-hydroxylation sites is 2. The Morgan fingerprint density at radius 3 is 0.893 bits per heavy atom. The second kappa shape index (κ2) is 42.2. The quantitative estimate of drug-likeness (QED) is 0.0267. The SMILES string of the molecule is CCCCCCC1(CCCCCC)c2cc(-c3ccc(/C=C/C4=C(C#N)C(=C(C#N)C#N)OC4(C)C)s3)ccc2-c2c1c1c(c3c2C(CCCCCC)(CCCCCC)c2cc(-c4ccc(/C=C/c5ccc(N(c6ccccc6)c6ccccc6)cc5)s4)ccc2-3)C(CCCCCC)(CCCCCC)c2cc(-c3ccc(/C=C/C4=C(C#N)C(=C(C#N)C#N)OC4(C)C)s3)ccc2-1. The van der Waals surface area contributed by atoms with E-state index in [4.69, 9.17) is 9.47 Å². The molecular formula is C119H125N7O2S3. The molecule has 3 aromatic heterocycles. The lowest BCUT2D eigenvalue weighted by Crippen LogP contribution is -2.31. The fourth-order valence-electron chi connectivity index (χ4n) is 22.0. The Bertz CT molecular complexity index is 6070. The van der Waals surface area contributed by atoms with Crippen LogP contribution in [0.4, 0.5) is 17.1 Å². The van der Waals surface area contributed by atoms with Crippen LogP contribution in [0, 0.1) is 68.0 Å². The first-order valence-corrected chi connectivity index (χ1v) is 51.2. The van der Waals surface area contributed by atoms with Crippen molar-refractivity contribution in [2.75, 3.05) is 4.90 Å². The molecule has 9 nitrogen and oxygen atoms in total. The number of nitrogens with zero attached hydrogens (tertiary/aromatic N) is 7. The lowest BCUT2D eigenvalue weighted by Gasteiger charge is -2.40. The number of fused-ring (bicyclic) bond motifs is 12. The Morgan fingerprint density at radius 1 is 0.321 bits per heavy atom. The van der Waals surface area contributed by atoms with Crippen molar-refractivity contribution in [1.29, 1.82) is 31.6 Å². The van der Waals surface area contributed by atoms with Gasteiger partial charge in [-0.25, -0.2) is 0 Å². The first-order chi connectivity index (χ1) is 63.9. The van der Waals surface area contributed by atoms with Gasteiger partial charge >= 0.3 is 0 Å². The first-order valence-electron chi connectivity index (χ1n) is 48.7. The van der Waals surface area contributed by atoms with Crippen LogP contribution in [0.2, 0.25) is 0 Å². The second-order valence-electron chi connectivity index (χ2n) is 37.7. The summed E-state index contributed by atoms with van der Waals surface area (Å²) in [5.41, 5.74) is 24.8. The van der Waals surface area contributed by atoms with E-state index in [1.807, 2.05) is 75.5 Å². The summed E-state index contributed by atoms with van der Waals surface area (Å²) in [6, 6.07) is 80.0. The van der Waals surface area contributed by atoms with Gasteiger partial charge in [-0.1, -0.05) is 299 Å². The van der Waals surface area contributed by atoms with Gasteiger partial charge < -0.3 is 14.4 Å². The van der Waals surface area contributed by atoms with Gasteiger partial charge in [-0.15, -0.1) is 34.0 Å². The van der Waals surface area contributed by atoms with E-state index >= 15 is 0 Å². The van der Waals surface area contributed by atoms with E-state index in [2.05, 4.69) is 259 Å². The molecule has 10 aromatic rings. The number of nitriles is 6. The van der Waals surface area contributed by atoms with E-state index in [1.165, 1.54) is 138 Å². The minimum Gasteiger partial charge on any atom is -0.480 e. The Kier molecular flexibility index (Phi) is 30.2. The maximum absolute atomic E-state index is 10.6. The summed E-state index contributed by atoms with van der Waals surface area (Å²) in [5.74, 6) is 0.0809. The zero-order chi connectivity index (χ0) is 91.9. The molecule has 0 bridgehead atoms. The van der Waals surface area contributed by atoms with E-state index in [1.54, 1.807) is 39.4 Å². The summed E-state index contributed by atoms with van der Waals surface area (Å²) in [4.78, 5) is 9.23. The molecule has 2 aliphatic heterocycles. The van der Waals surface area contributed by atoms with Crippen molar-refractivity contribution in [3.8, 4) is 101 Å². The molecule has 7 aromatic carbocycles. The van der Waals surface area contributed by atoms with E-state index in [0.29, 0.717) is 11.1 Å². The van der Waals surface area contributed by atoms with E-state index < -0.39 is 11.2 Å². The van der Waals surface area contributed by atoms with Gasteiger partial charge in [-0.3, -0.25) is 0 Å². The summed E-state index contributed by atoms with van der Waals surface area (Å²) >= 11 is 5.42. The molecule has 12 heteroatoms. The van der Waals surface area contributed by atoms with Crippen molar-refractivity contribution in [2.24, 2.45) is 0 Å². The topological polar surface area (TPSA) is 164 Å². The van der Waals surface area contributed by atoms with Crippen LogP contribution >= 0.6 is 34.0 Å². The highest BCUT2D eigenvalue weighted by Crippen LogP contribution is 2.72. The molecule has 5 heterocycles. The molecule has 0 spiro atoms. The number of rotatable bonds is 42. The number of allylic oxidation sites excluding steroid dienone is 4. The maximum Gasteiger partial charge on any atom is 0.172 e. The average molecular weight is 1780 g/mol. The minimum atomic E-state index is -0.948. The predicted octanol–water partition coefficient (Wildman–Crippen LogP) is 35.0. The standard InChI is InChI=1S/C119H125N7O2S3/c1-11-17-23-35-67-117(68-36-24-18-12-2)101-73-83(104-64-56-91(129-104)53-47-82-45-51-90(52-46-82)126(88-41-31-29-32-42-88)89-43-33-30-34-44-89)48-59-94(101)107-110(117)108-95-60-49-84(105-65-57-92(130-105)54-62-99-97(80-124)113(86(76-120)77-121)127-115(99,7)8)74-102(95)119(71-39-27-21-15-5,72-40-28-22-16-6)112(108)109-96-61-50-85(75-103(96)118(111(107)109,69-37-25-19-13-3)70-38-26-20-14-4)106-66-58-93(131-106)55-63-100-98(81-125)114(87(78-122)79-123)128-116(100,9)10/h29-34,41-66,73-75H,11-28,35-40,67-72H2,1-10H3/b53-47+,62-54+,63-55+. The number of hydrogen-bond donors (Lipinski definition) is 0. The molecule has 0 saturated carbocycles. The molecule has 15 rings (SSSR count). The molecule has 0 fully saturated rings. The van der Waals surface area contributed by atoms with E-state index in [-0.39, 0.29) is 50.1 Å². The van der Waals surface area contributed by atoms with Crippen molar-refractivity contribution in [3.63, 3.8) is 0 Å². The Labute approximate surface area is 792 Å². The van der Waals surface area contributed by atoms with Gasteiger partial charge in [0.25, 0.3) is 0 Å². The van der Waals surface area contributed by atoms with E-state index in [9.17, 15) is 31.6 Å². The summed E-state index contributed by atoms with van der Waals surface area (Å²) in [7, 11) is 0. The van der Waals surface area contributed by atoms with Crippen molar-refractivity contribution in [1.82, 2.24) is 0 Å². The van der Waals surface area contributed by atoms with Crippen LogP contribution in [0.1, 0.15) is 315 Å². The molecule has 0 radical (unpaired) electrons. The third-order valence-corrected chi connectivity index (χ3v) is 31.7. The Morgan fingerprint density at radius 2 is 0.611 bits per heavy atom. The number of unbranched alkanes of at least 4 members (excludes halogenated alkanes) is 18. The molecule has 0 amide bonds. The van der Waals surface area contributed by atoms with Gasteiger partial charge in [0.2, 0.25) is 0 Å². The van der Waals surface area contributed by atoms with Crippen molar-refractivity contribution in [3.05, 3.63) is 287 Å². The van der Waals surface area contributed by atoms with Crippen LogP contribution in [-0.2, 0) is 25.7 Å². The highest BCUT2D eigenvalue weighted by Gasteiger charge is 2.58. The predicted molar refractivity (Wildman–Crippen MR) is 548 cm³/mol. The largest absolute Gasteiger partial charge is 0.480 e. The molecule has 0 saturated heterocycles. The van der Waals surface area contributed by atoms with Gasteiger partial charge in [0, 0.05) is 73.7 Å². The van der Waals surface area contributed by atoms with Crippen LogP contribution in [-0.4, -0.2) is 11.2 Å². The zero-order valence-electron chi connectivity index (χ0n) is 78.6. The fourth-order valence-corrected chi connectivity index (χ4v) is 24.7. The molecule has 131 heavy (non-hydrogen) atoms. The molecule has 3 aliphatic carbocycles. The Balaban J connectivity index is 0.982. The molecule has 0 unspecified atom stereocenters. The molecule has 5 aliphatic rings. The molecule has 0 N–H and O–H groups in total. The third kappa shape index (κ3) is 18.8. The normalized spacial score (nSPS) is 15.3. The highest BCUT2D eigenvalue weighted by atomic mass is 32.1. The highest BCUT2D eigenvalue weighted by molar-refractivity contribution is 7.17. The lowest BCUT2D eigenvalue weighted by molar-refractivity contribution is 0.0951. The van der Waals surface area contributed by atoms with Gasteiger partial charge in [0.1, 0.15) is 58.8 Å². The average Bonchev–Trinajstić information content (AvgIpc) is 1.48. The summed E-state index contributed by atoms with van der Waals surface area (Å²) in [6.45, 7) is 21.8. The molecule has 0 atom stereocenters. The second-order valence-corrected chi connectivity index (χ2v) is 41.1. The van der Waals surface area contributed by atoms with Crippen LogP contribution < -0.4 is 4.90 Å². The van der Waals surface area contributed by atoms with Crippen molar-refractivity contribution in [2.45, 2.75) is 289 Å². The monoisotopic (exact) mass is 1780 g/mol. The molecule has 666 valence electrons. The molecular weight excluding hydrogens is 1660 g/mol. The lowest BCUT2D eigenvalue weighted by atomic mass is 9.63. The number of ether oxygens (including phenoxy) is 2. The maximum atomic E-state index is 10.6. The van der Waals surface area contributed by atoms with Crippen molar-refractivity contribution >= 4 is 75.4 Å². The minimum absolute atomic E-state index is 0.0404. The fraction of sp³-hybridized carbons (Fsp3) is 0.378. The smallest absolute Gasteiger partial charge is 0.172 e. The Hall–Kier alpha value is -11.8. The van der Waals surface area contributed by atoms with Gasteiger partial charge in [0.05, 0.1) is 0 Å². The summed E-state index contributed by atoms with van der Waals surface area (Å²) in [5, 5.41) is 61.3. The zero-order valence-corrected chi connectivity index (χ0v) is 81.0. The van der Waals surface area contributed by atoms with Crippen LogP contribution in [0.25, 0.3) is 89.0 Å². The number of thiophene rings is 3. The van der Waals surface area contributed by atoms with Crippen LogP contribution in [0.15, 0.2) is 233 Å². The third-order valence-electron chi connectivity index (χ3n) is 28.4. The number of anilines is 3. The summed E-state index contributed by atoms with van der Waals surface area (Å²) in [6.07, 6.45) is 46.7. The number of benzene rings is 7. The van der Waals surface area contributed by atoms with Gasteiger partial charge in [-0.2, -0.15) is 31.6 Å². The first kappa shape index (κ1) is 93.8. The van der Waals surface area contributed by atoms with E-state index in [0.717, 1.165) is 174 Å². The number of hydrogen-bond acceptors (Lipinski definition) is 12. The van der Waals surface area contributed by atoms with Gasteiger partial charge in [-0.05, 0) is 264 Å². The van der Waals surface area contributed by atoms with Crippen LogP contribution in [0.3, 0.4) is 0 Å². The van der Waals surface area contributed by atoms with Crippen LogP contribution in [0.5, 0.6) is 0 Å². The summed E-state index contributed by atoms with van der Waals surface area (Å²) < 4.78 is 12.5. The van der Waals surface area contributed by atoms with Crippen molar-refractivity contribution < 1.29 is 9.47 Å². The van der Waals surface area contributed by atoms with Gasteiger partial charge in [0.15, 0.2) is 22.7 Å².